The van der Waals surface area contributed by atoms with E-state index < -0.39 is 0 Å². The van der Waals surface area contributed by atoms with Crippen LogP contribution in [0.5, 0.6) is 0 Å². The summed E-state index contributed by atoms with van der Waals surface area (Å²) in [5, 5.41) is 4.32. The number of aromatic nitrogens is 2. The van der Waals surface area contributed by atoms with Crippen LogP contribution >= 0.6 is 12.2 Å². The molecular weight excluding hydrogens is 442 g/mol. The fraction of sp³-hybridized carbons (Fsp3) is 0.407. The number of benzene rings is 1. The van der Waals surface area contributed by atoms with Crippen molar-refractivity contribution in [3.8, 4) is 0 Å². The predicted octanol–water partition coefficient (Wildman–Crippen LogP) is 5.09. The lowest BCUT2D eigenvalue weighted by Gasteiger charge is -2.31. The molecule has 178 valence electrons. The second-order valence-electron chi connectivity index (χ2n) is 9.40. The van der Waals surface area contributed by atoms with Gasteiger partial charge in [-0.15, -0.1) is 0 Å². The summed E-state index contributed by atoms with van der Waals surface area (Å²) in [6.07, 6.45) is 1.86. The monoisotopic (exact) mass is 475 g/mol. The maximum Gasteiger partial charge on any atom is 0.174 e. The van der Waals surface area contributed by atoms with Crippen LogP contribution in [0.3, 0.4) is 0 Å². The highest BCUT2D eigenvalue weighted by Gasteiger charge is 2.42. The van der Waals surface area contributed by atoms with Crippen LogP contribution in [-0.2, 0) is 4.74 Å². The highest BCUT2D eigenvalue weighted by atomic mass is 32.1. The lowest BCUT2D eigenvalue weighted by molar-refractivity contribution is 0.122. The van der Waals surface area contributed by atoms with Crippen LogP contribution < -0.4 is 15.1 Å². The van der Waals surface area contributed by atoms with Gasteiger partial charge >= 0.3 is 0 Å². The van der Waals surface area contributed by atoms with Crippen molar-refractivity contribution in [1.82, 2.24) is 14.9 Å². The topological polar surface area (TPSA) is 45.6 Å². The summed E-state index contributed by atoms with van der Waals surface area (Å²) in [6, 6.07) is 17.6. The molecule has 1 N–H and O–H groups in total. The summed E-state index contributed by atoms with van der Waals surface area (Å²) in [7, 11) is 0. The third kappa shape index (κ3) is 4.07. The molecule has 2 fully saturated rings. The molecule has 0 radical (unpaired) electrons. The fourth-order valence-corrected chi connectivity index (χ4v) is 5.84. The fourth-order valence-electron chi connectivity index (χ4n) is 5.49. The van der Waals surface area contributed by atoms with Crippen molar-refractivity contribution in [2.24, 2.45) is 0 Å². The number of hydrogen-bond acceptors (Lipinski definition) is 4. The van der Waals surface area contributed by atoms with E-state index in [4.69, 9.17) is 21.9 Å². The molecule has 7 heteroatoms. The van der Waals surface area contributed by atoms with Gasteiger partial charge < -0.3 is 24.4 Å². The lowest BCUT2D eigenvalue weighted by atomic mass is 9.96. The van der Waals surface area contributed by atoms with E-state index in [9.17, 15) is 0 Å². The van der Waals surface area contributed by atoms with Crippen LogP contribution in [0.1, 0.15) is 54.6 Å². The second-order valence-corrected chi connectivity index (χ2v) is 9.79. The third-order valence-corrected chi connectivity index (χ3v) is 7.28. The zero-order valence-electron chi connectivity index (χ0n) is 20.4. The van der Waals surface area contributed by atoms with Gasteiger partial charge in [-0.1, -0.05) is 6.07 Å². The maximum absolute atomic E-state index is 5.92. The average Bonchev–Trinajstić information content (AvgIpc) is 3.35. The molecule has 1 aromatic carbocycles. The minimum Gasteiger partial charge on any atom is -0.378 e. The van der Waals surface area contributed by atoms with Gasteiger partial charge in [-0.3, -0.25) is 4.98 Å². The minimum absolute atomic E-state index is 0.00957. The zero-order valence-corrected chi connectivity index (χ0v) is 21.2. The molecule has 5 rings (SSSR count). The van der Waals surface area contributed by atoms with Crippen LogP contribution in [0.2, 0.25) is 0 Å². The number of hydrogen-bond donors (Lipinski definition) is 1. The van der Waals surface area contributed by atoms with E-state index in [-0.39, 0.29) is 12.1 Å². The Balaban J connectivity index is 1.56. The van der Waals surface area contributed by atoms with Crippen LogP contribution in [0.15, 0.2) is 54.7 Å². The Bertz CT molecular complexity index is 1150. The summed E-state index contributed by atoms with van der Waals surface area (Å²) in [5.41, 5.74) is 7.14. The number of nitrogens with one attached hydrogen (secondary N) is 1. The molecule has 0 bridgehead atoms. The SMILES string of the molecule is Cc1cc([C@H]2[C@H](c3ccccn3)NC(=S)N2c2ccc(N3CCOCC3)cc2)c(C)n1C(C)C. The number of aryl methyl sites for hydroxylation is 1. The molecule has 2 saturated heterocycles. The zero-order chi connectivity index (χ0) is 23.8. The van der Waals surface area contributed by atoms with Gasteiger partial charge in [0.15, 0.2) is 5.11 Å². The number of thiocarbonyl (C=S) groups is 1. The van der Waals surface area contributed by atoms with Crippen molar-refractivity contribution >= 4 is 28.7 Å². The molecule has 4 heterocycles. The van der Waals surface area contributed by atoms with Crippen LogP contribution in [0, 0.1) is 13.8 Å². The molecule has 0 amide bonds. The first-order valence-electron chi connectivity index (χ1n) is 12.1. The smallest absolute Gasteiger partial charge is 0.174 e. The van der Waals surface area contributed by atoms with Crippen molar-refractivity contribution < 1.29 is 4.74 Å². The van der Waals surface area contributed by atoms with Crippen molar-refractivity contribution in [2.45, 2.75) is 45.8 Å². The van der Waals surface area contributed by atoms with Crippen molar-refractivity contribution in [3.05, 3.63) is 77.4 Å². The summed E-state index contributed by atoms with van der Waals surface area (Å²) in [4.78, 5) is 9.34. The molecule has 2 atom stereocenters. The highest BCUT2D eigenvalue weighted by Crippen LogP contribution is 2.44. The van der Waals surface area contributed by atoms with E-state index in [0.29, 0.717) is 6.04 Å². The Morgan fingerprint density at radius 3 is 2.35 bits per heavy atom. The Kier molecular flexibility index (Phi) is 6.32. The first-order chi connectivity index (χ1) is 16.5. The normalized spacial score (nSPS) is 20.8. The summed E-state index contributed by atoms with van der Waals surface area (Å²) < 4.78 is 7.92. The molecule has 0 unspecified atom stereocenters. The standard InChI is InChI=1S/C27H33N5OS/c1-18(2)31-19(3)17-23(20(31)4)26-25(24-7-5-6-12-28-24)29-27(34)32(26)22-10-8-21(9-11-22)30-13-15-33-16-14-30/h5-12,17-18,25-26H,13-16H2,1-4H3,(H,29,34)/t25-,26-/m0/s1. The van der Waals surface area contributed by atoms with E-state index in [1.807, 2.05) is 18.3 Å². The molecule has 0 spiro atoms. The Hall–Kier alpha value is -2.90. The molecular formula is C27H33N5OS. The lowest BCUT2D eigenvalue weighted by Crippen LogP contribution is -2.36. The average molecular weight is 476 g/mol. The Morgan fingerprint density at radius 2 is 1.74 bits per heavy atom. The number of pyridine rings is 1. The number of nitrogens with zero attached hydrogens (tertiary/aromatic N) is 4. The number of morpholine rings is 1. The largest absolute Gasteiger partial charge is 0.378 e. The molecule has 34 heavy (non-hydrogen) atoms. The number of ether oxygens (including phenoxy) is 1. The van der Waals surface area contributed by atoms with Gasteiger partial charge in [-0.2, -0.15) is 0 Å². The Labute approximate surface area is 207 Å². The first-order valence-corrected chi connectivity index (χ1v) is 12.5. The first kappa shape index (κ1) is 22.9. The molecule has 3 aromatic rings. The van der Waals surface area contributed by atoms with Crippen molar-refractivity contribution in [1.29, 1.82) is 0 Å². The second kappa shape index (κ2) is 9.39. The Morgan fingerprint density at radius 1 is 1.03 bits per heavy atom. The maximum atomic E-state index is 5.92. The predicted molar refractivity (Wildman–Crippen MR) is 142 cm³/mol. The molecule has 2 aliphatic heterocycles. The molecule has 0 saturated carbocycles. The van der Waals surface area contributed by atoms with Gasteiger partial charge in [-0.05, 0) is 87.9 Å². The number of anilines is 2. The van der Waals surface area contributed by atoms with Gasteiger partial charge in [-0.25, -0.2) is 0 Å². The van der Waals surface area contributed by atoms with Crippen LogP contribution in [0.4, 0.5) is 11.4 Å². The summed E-state index contributed by atoms with van der Waals surface area (Å²) in [6.45, 7) is 12.3. The van der Waals surface area contributed by atoms with E-state index in [0.717, 1.165) is 42.8 Å². The summed E-state index contributed by atoms with van der Waals surface area (Å²) in [5.74, 6) is 0. The molecule has 2 aromatic heterocycles. The third-order valence-electron chi connectivity index (χ3n) is 6.96. The summed E-state index contributed by atoms with van der Waals surface area (Å²) >= 11 is 5.92. The van der Waals surface area contributed by atoms with Crippen molar-refractivity contribution in [2.75, 3.05) is 36.1 Å². The quantitative estimate of drug-likeness (QED) is 0.519. The van der Waals surface area contributed by atoms with E-state index >= 15 is 0 Å². The van der Waals surface area contributed by atoms with Gasteiger partial charge in [0.1, 0.15) is 0 Å². The highest BCUT2D eigenvalue weighted by molar-refractivity contribution is 7.80. The van der Waals surface area contributed by atoms with Gasteiger partial charge in [0, 0.05) is 48.1 Å². The van der Waals surface area contributed by atoms with Crippen LogP contribution in [0.25, 0.3) is 0 Å². The van der Waals surface area contributed by atoms with E-state index in [1.54, 1.807) is 0 Å². The van der Waals surface area contributed by atoms with E-state index in [2.05, 4.69) is 83.8 Å². The number of rotatable bonds is 5. The molecule has 0 aliphatic carbocycles. The minimum atomic E-state index is -0.0336. The van der Waals surface area contributed by atoms with Crippen LogP contribution in [-0.4, -0.2) is 41.0 Å². The van der Waals surface area contributed by atoms with E-state index in [1.165, 1.54) is 22.6 Å². The van der Waals surface area contributed by atoms with Gasteiger partial charge in [0.25, 0.3) is 0 Å². The molecule has 2 aliphatic rings. The van der Waals surface area contributed by atoms with Crippen molar-refractivity contribution in [3.63, 3.8) is 0 Å². The van der Waals surface area contributed by atoms with Gasteiger partial charge in [0.2, 0.25) is 0 Å². The molecule has 6 nitrogen and oxygen atoms in total. The van der Waals surface area contributed by atoms with Gasteiger partial charge in [0.05, 0.1) is 31.0 Å².